The highest BCUT2D eigenvalue weighted by Gasteiger charge is 2.47. The maximum Gasteiger partial charge on any atom is 0.338 e. The summed E-state index contributed by atoms with van der Waals surface area (Å²) in [5, 5.41) is 43.3. The molecule has 0 aliphatic rings. The van der Waals surface area contributed by atoms with E-state index in [0.717, 1.165) is 0 Å². The van der Waals surface area contributed by atoms with Gasteiger partial charge in [0.05, 0.1) is 51.1 Å². The molecule has 131 heavy (non-hydrogen) atoms. The molecule has 0 radical (unpaired) electrons. The fourth-order valence-corrected chi connectivity index (χ4v) is 14.6. The Hall–Kier alpha value is -13.3. The van der Waals surface area contributed by atoms with Gasteiger partial charge in [-0.05, 0) is 110 Å². The summed E-state index contributed by atoms with van der Waals surface area (Å²) in [6.07, 6.45) is -5.13. The quantitative estimate of drug-likeness (QED) is 0.0106. The Labute approximate surface area is 767 Å². The van der Waals surface area contributed by atoms with Crippen LogP contribution in [0.15, 0.2) is 231 Å². The van der Waals surface area contributed by atoms with E-state index in [9.17, 15) is 43.8 Å². The van der Waals surface area contributed by atoms with E-state index >= 15 is 28.8 Å². The molecule has 1 heterocycles. The molecule has 0 fully saturated rings. The van der Waals surface area contributed by atoms with Gasteiger partial charge < -0.3 is 104 Å². The number of esters is 2. The summed E-state index contributed by atoms with van der Waals surface area (Å²) in [5.41, 5.74) is 23.9. The number of carboxylic acids is 2. The number of nitrogens with one attached hydrogen (secondary N) is 9. The van der Waals surface area contributed by atoms with Crippen molar-refractivity contribution in [3.05, 3.63) is 285 Å². The van der Waals surface area contributed by atoms with Gasteiger partial charge in [0.15, 0.2) is 0 Å². The number of primary amides is 1. The number of aliphatic carboxylic acids is 2. The first-order valence-corrected chi connectivity index (χ1v) is 43.5. The van der Waals surface area contributed by atoms with Gasteiger partial charge in [0, 0.05) is 64.0 Å². The molecule has 0 saturated heterocycles. The number of benzene rings is 8. The van der Waals surface area contributed by atoms with Crippen molar-refractivity contribution in [2.45, 2.75) is 196 Å². The molecule has 0 aliphatic carbocycles. The van der Waals surface area contributed by atoms with Crippen molar-refractivity contribution < 1.29 is 96.2 Å². The van der Waals surface area contributed by atoms with Crippen LogP contribution >= 0.6 is 23.2 Å². The number of rotatable bonds is 54. The van der Waals surface area contributed by atoms with Crippen LogP contribution in [0.4, 0.5) is 0 Å². The fraction of sp³-hybridized carbons (Fsp3) is 0.344. The lowest BCUT2D eigenvalue weighted by Crippen LogP contribution is -2.65. The second-order valence-electron chi connectivity index (χ2n) is 31.7. The van der Waals surface area contributed by atoms with E-state index in [0.29, 0.717) is 74.8 Å². The maximum absolute atomic E-state index is 16.1. The number of amides is 9. The van der Waals surface area contributed by atoms with Crippen molar-refractivity contribution in [3.8, 4) is 0 Å². The van der Waals surface area contributed by atoms with Crippen LogP contribution in [0.3, 0.4) is 0 Å². The van der Waals surface area contributed by atoms with Crippen LogP contribution < -0.4 is 65.5 Å². The van der Waals surface area contributed by atoms with Gasteiger partial charge in [0.25, 0.3) is 0 Å². The minimum absolute atomic E-state index is 0.133. The van der Waals surface area contributed by atoms with E-state index < -0.39 is 213 Å². The lowest BCUT2D eigenvalue weighted by Gasteiger charge is -2.33. The molecular formula is C96H111Cl2N13O20. The molecule has 9 rings (SSSR count). The lowest BCUT2D eigenvalue weighted by molar-refractivity contribution is -0.167. The Morgan fingerprint density at radius 2 is 0.870 bits per heavy atom. The number of hydrogen-bond acceptors (Lipinski definition) is 21. The number of aromatic amines is 1. The smallest absolute Gasteiger partial charge is 0.338 e. The number of fused-ring (bicyclic) bond motifs is 1. The van der Waals surface area contributed by atoms with Crippen LogP contribution in [0.2, 0.25) is 10.0 Å². The van der Waals surface area contributed by atoms with Crippen LogP contribution in [-0.4, -0.2) is 177 Å². The second kappa shape index (κ2) is 51.2. The summed E-state index contributed by atoms with van der Waals surface area (Å²) >= 11 is 13.0. The van der Waals surface area contributed by atoms with Gasteiger partial charge in [0.1, 0.15) is 61.0 Å². The number of nitrogens with two attached hydrogens (primary N) is 4. The molecule has 19 N–H and O–H groups in total. The SMILES string of the molecule is C[C@@H](OCc1ccccc1)[C@H](NC(=O)[C@H](CCCC(N)(C(=O)OCc1ccccc1Cl)C(=O)OCc1ccccc1Cl)NC(=O)[C@H](Cc1c[nH]c2ccccc12)NC(=O)[C@H](CC(N)=O)NC(=O)[C@@H](N)CCCCN)C(=O)N[C@@H](Cc1ccccc1)C(=O)N[C@H](C(=O)N[C@@H](COCc1ccccc1)C(=O)N[C@](CCC(=O)O)(Cc1ccccc1)C(=O)O)[C@@H](C)OCc1ccccc1. The third-order valence-corrected chi connectivity index (χ3v) is 22.5. The first-order valence-electron chi connectivity index (χ1n) is 42.7. The summed E-state index contributed by atoms with van der Waals surface area (Å²) in [4.78, 5) is 194. The maximum atomic E-state index is 16.1. The third kappa shape index (κ3) is 31.5. The van der Waals surface area contributed by atoms with Crippen molar-refractivity contribution in [3.63, 3.8) is 0 Å². The number of hydrogen-bond donors (Lipinski definition) is 15. The molecule has 1 aromatic heterocycles. The van der Waals surface area contributed by atoms with Crippen molar-refractivity contribution in [2.24, 2.45) is 22.9 Å². The molecule has 0 saturated carbocycles. The molecular weight excluding hydrogens is 1730 g/mol. The largest absolute Gasteiger partial charge is 0.481 e. The van der Waals surface area contributed by atoms with Gasteiger partial charge in [-0.1, -0.05) is 236 Å². The monoisotopic (exact) mass is 1840 g/mol. The number of carbonyl (C=O) groups excluding carboxylic acids is 11. The molecule has 9 aromatic rings. The van der Waals surface area contributed by atoms with E-state index in [1.807, 2.05) is 0 Å². The van der Waals surface area contributed by atoms with Crippen molar-refractivity contribution >= 4 is 111 Å². The standard InChI is InChI=1S/C96H111Cl2N13O20/c1-60(128-55-65-33-14-6-15-34-65)82(90(121)107-76(49-62-27-8-3-9-28-62)88(119)110-83(61(2)129-56-66-35-16-7-17-36-66)91(122)108-79(59-127-54-64-31-12-5-13-32-64)89(120)111-95(92(123)124,47-45-81(113)114)52-63-29-10-4-11-30-63)109-85(116)75(44-26-46-96(102,93(125)130-57-67-37-18-21-40-71(67)97)94(126)131-58-68-38-19-22-41-72(68)98)104-86(117)77(50-69-53-103-74-43-23-20-39-70(69)74)106-87(118)78(51-80(101)112)105-84(115)73(100)42-24-25-48-99/h3-23,27-41,43,53,60-61,73,75-79,82-83,103H,24-26,42,44-52,54-59,99-100,102H2,1-2H3,(H2,101,112)(H,104,117)(H,105,115)(H,106,118)(H,107,121)(H,108,122)(H,109,116)(H,110,119)(H,111,120)(H,113,114)(H,123,124)/t60-,61-,73+,75+,76+,77+,78+,79+,82+,83+,95-/m1/s1. The summed E-state index contributed by atoms with van der Waals surface area (Å²) < 4.78 is 30.3. The predicted octanol–water partition coefficient (Wildman–Crippen LogP) is 6.81. The van der Waals surface area contributed by atoms with E-state index in [1.54, 1.807) is 219 Å². The number of halogens is 2. The van der Waals surface area contributed by atoms with Gasteiger partial charge in [0.2, 0.25) is 58.7 Å². The highest BCUT2D eigenvalue weighted by atomic mass is 35.5. The van der Waals surface area contributed by atoms with Gasteiger partial charge in [-0.3, -0.25) is 47.9 Å². The molecule has 0 bridgehead atoms. The van der Waals surface area contributed by atoms with E-state index in [4.69, 9.17) is 69.8 Å². The summed E-state index contributed by atoms with van der Waals surface area (Å²) in [5.74, 6) is -15.3. The molecule has 8 aromatic carbocycles. The first-order chi connectivity index (χ1) is 62.9. The number of unbranched alkanes of at least 4 members (excludes halogenated alkanes) is 1. The molecule has 35 heteroatoms. The summed E-state index contributed by atoms with van der Waals surface area (Å²) in [6.45, 7) is 1.05. The van der Waals surface area contributed by atoms with Crippen molar-refractivity contribution in [2.75, 3.05) is 13.2 Å². The summed E-state index contributed by atoms with van der Waals surface area (Å²) in [6, 6.07) is 48.3. The molecule has 0 spiro atoms. The summed E-state index contributed by atoms with van der Waals surface area (Å²) in [7, 11) is 0. The topological polar surface area (TPSA) is 525 Å². The number of para-hydroxylation sites is 1. The number of carbonyl (C=O) groups is 13. The predicted molar refractivity (Wildman–Crippen MR) is 487 cm³/mol. The zero-order valence-corrected chi connectivity index (χ0v) is 74.0. The number of H-pyrrole nitrogens is 1. The molecule has 0 unspecified atom stereocenters. The highest BCUT2D eigenvalue weighted by molar-refractivity contribution is 6.31. The Bertz CT molecular complexity index is 5260. The molecule has 11 atom stereocenters. The van der Waals surface area contributed by atoms with Crippen molar-refractivity contribution in [1.82, 2.24) is 47.5 Å². The van der Waals surface area contributed by atoms with Crippen LogP contribution in [0.1, 0.15) is 116 Å². The van der Waals surface area contributed by atoms with Crippen LogP contribution in [0.5, 0.6) is 0 Å². The number of ether oxygens (including phenoxy) is 5. The van der Waals surface area contributed by atoms with Crippen LogP contribution in [0.25, 0.3) is 10.9 Å². The normalized spacial score (nSPS) is 14.1. The molecule has 0 aliphatic heterocycles. The zero-order chi connectivity index (χ0) is 94.4. The Balaban J connectivity index is 1.11. The Kier molecular flexibility index (Phi) is 39.7. The van der Waals surface area contributed by atoms with Gasteiger partial charge >= 0.3 is 23.9 Å². The number of aromatic nitrogens is 1. The molecule has 694 valence electrons. The Morgan fingerprint density at radius 3 is 1.38 bits per heavy atom. The van der Waals surface area contributed by atoms with E-state index in [1.165, 1.54) is 26.0 Å². The highest BCUT2D eigenvalue weighted by Crippen LogP contribution is 2.27. The van der Waals surface area contributed by atoms with Gasteiger partial charge in [-0.25, -0.2) is 14.4 Å². The minimum atomic E-state index is -2.72. The molecule has 9 amide bonds. The lowest BCUT2D eigenvalue weighted by atomic mass is 9.85. The van der Waals surface area contributed by atoms with Crippen LogP contribution in [-0.2, 0) is 138 Å². The Morgan fingerprint density at radius 1 is 0.435 bits per heavy atom. The van der Waals surface area contributed by atoms with Gasteiger partial charge in [-0.15, -0.1) is 0 Å². The van der Waals surface area contributed by atoms with E-state index in [-0.39, 0.29) is 49.1 Å². The third-order valence-electron chi connectivity index (χ3n) is 21.8. The second-order valence-corrected chi connectivity index (χ2v) is 32.5. The van der Waals surface area contributed by atoms with Crippen molar-refractivity contribution in [1.29, 1.82) is 0 Å². The van der Waals surface area contributed by atoms with E-state index in [2.05, 4.69) is 47.5 Å². The zero-order valence-electron chi connectivity index (χ0n) is 72.5. The van der Waals surface area contributed by atoms with Crippen LogP contribution in [0, 0.1) is 0 Å². The average Bonchev–Trinajstić information content (AvgIpc) is 1.80. The first kappa shape index (κ1) is 101. The average molecular weight is 1840 g/mol. The fourth-order valence-electron chi connectivity index (χ4n) is 14.3. The minimum Gasteiger partial charge on any atom is -0.481 e. The van der Waals surface area contributed by atoms with Gasteiger partial charge in [-0.2, -0.15) is 0 Å². The molecule has 33 nitrogen and oxygen atoms in total. The number of carboxylic acid groups (broad SMARTS) is 2.